The number of nitrogens with zero attached hydrogens (tertiary/aromatic N) is 2. The van der Waals surface area contributed by atoms with Crippen molar-refractivity contribution in [3.8, 4) is 6.07 Å². The van der Waals surface area contributed by atoms with Crippen LogP contribution in [0, 0.1) is 23.2 Å². The van der Waals surface area contributed by atoms with Gasteiger partial charge in [-0.2, -0.15) is 5.26 Å². The van der Waals surface area contributed by atoms with Crippen molar-refractivity contribution in [2.45, 2.75) is 46.1 Å². The fourth-order valence-electron chi connectivity index (χ4n) is 2.85. The minimum Gasteiger partial charge on any atom is -0.379 e. The molecule has 0 aromatic carbocycles. The van der Waals surface area contributed by atoms with E-state index >= 15 is 0 Å². The molecule has 0 spiro atoms. The van der Waals surface area contributed by atoms with Gasteiger partial charge >= 0.3 is 0 Å². The Morgan fingerprint density at radius 1 is 1.12 bits per heavy atom. The lowest BCUT2D eigenvalue weighted by Crippen LogP contribution is -2.54. The Morgan fingerprint density at radius 2 is 1.59 bits per heavy atom. The van der Waals surface area contributed by atoms with Crippen molar-refractivity contribution in [3.63, 3.8) is 0 Å². The molecule has 0 aliphatic carbocycles. The van der Waals surface area contributed by atoms with Gasteiger partial charge in [0.25, 0.3) is 0 Å². The van der Waals surface area contributed by atoms with E-state index in [1.807, 2.05) is 0 Å². The van der Waals surface area contributed by atoms with Crippen molar-refractivity contribution in [2.24, 2.45) is 11.8 Å². The topological polar surface area (TPSA) is 36.3 Å². The third-order valence-corrected chi connectivity index (χ3v) is 3.32. The van der Waals surface area contributed by atoms with Crippen LogP contribution in [0.25, 0.3) is 0 Å². The largest absolute Gasteiger partial charge is 0.379 e. The SMILES string of the molecule is CC(C)CC(C#N)(CC(C)C)N1CCOCC1. The summed E-state index contributed by atoms with van der Waals surface area (Å²) in [6.45, 7) is 12.1. The Labute approximate surface area is 106 Å². The van der Waals surface area contributed by atoms with Crippen molar-refractivity contribution in [2.75, 3.05) is 26.3 Å². The summed E-state index contributed by atoms with van der Waals surface area (Å²) < 4.78 is 5.40. The quantitative estimate of drug-likeness (QED) is 0.739. The molecule has 0 bridgehead atoms. The highest BCUT2D eigenvalue weighted by atomic mass is 16.5. The van der Waals surface area contributed by atoms with Crippen molar-refractivity contribution in [1.29, 1.82) is 5.26 Å². The molecular formula is C14H26N2O. The average molecular weight is 238 g/mol. The van der Waals surface area contributed by atoms with Gasteiger partial charge in [0.2, 0.25) is 0 Å². The van der Waals surface area contributed by atoms with Crippen molar-refractivity contribution >= 4 is 0 Å². The molecular weight excluding hydrogens is 212 g/mol. The fraction of sp³-hybridized carbons (Fsp3) is 0.929. The predicted molar refractivity (Wildman–Crippen MR) is 69.6 cm³/mol. The number of nitriles is 1. The number of rotatable bonds is 5. The van der Waals surface area contributed by atoms with E-state index in [-0.39, 0.29) is 5.54 Å². The first-order valence-electron chi connectivity index (χ1n) is 6.74. The van der Waals surface area contributed by atoms with E-state index in [9.17, 15) is 5.26 Å². The minimum absolute atomic E-state index is 0.286. The van der Waals surface area contributed by atoms with Gasteiger partial charge in [-0.3, -0.25) is 4.90 Å². The van der Waals surface area contributed by atoms with E-state index in [0.717, 1.165) is 39.1 Å². The Hall–Kier alpha value is -0.590. The minimum atomic E-state index is -0.286. The third-order valence-electron chi connectivity index (χ3n) is 3.32. The molecule has 1 aliphatic heterocycles. The van der Waals surface area contributed by atoms with E-state index in [0.29, 0.717) is 11.8 Å². The van der Waals surface area contributed by atoms with Crippen molar-refractivity contribution < 1.29 is 4.74 Å². The van der Waals surface area contributed by atoms with Crippen LogP contribution in [0.1, 0.15) is 40.5 Å². The van der Waals surface area contributed by atoms with Gasteiger partial charge < -0.3 is 4.74 Å². The molecule has 1 saturated heterocycles. The summed E-state index contributed by atoms with van der Waals surface area (Å²) in [6, 6.07) is 2.62. The van der Waals surface area contributed by atoms with Crippen molar-refractivity contribution in [3.05, 3.63) is 0 Å². The Bertz CT molecular complexity index is 252. The average Bonchev–Trinajstić information content (AvgIpc) is 2.28. The molecule has 1 heterocycles. The normalized spacial score (nSPS) is 18.6. The lowest BCUT2D eigenvalue weighted by Gasteiger charge is -2.43. The van der Waals surface area contributed by atoms with Gasteiger partial charge in [-0.1, -0.05) is 27.7 Å². The molecule has 1 fully saturated rings. The monoisotopic (exact) mass is 238 g/mol. The number of morpholine rings is 1. The number of ether oxygens (including phenoxy) is 1. The molecule has 0 saturated carbocycles. The second kappa shape index (κ2) is 6.37. The lowest BCUT2D eigenvalue weighted by molar-refractivity contribution is -0.0162. The summed E-state index contributed by atoms with van der Waals surface area (Å²) in [6.07, 6.45) is 1.92. The van der Waals surface area contributed by atoms with E-state index in [1.165, 1.54) is 0 Å². The van der Waals surface area contributed by atoms with Crippen LogP contribution in [-0.2, 0) is 4.74 Å². The van der Waals surface area contributed by atoms with Crippen LogP contribution in [0.15, 0.2) is 0 Å². The van der Waals surface area contributed by atoms with Crippen LogP contribution >= 0.6 is 0 Å². The van der Waals surface area contributed by atoms with E-state index < -0.39 is 0 Å². The zero-order valence-corrected chi connectivity index (χ0v) is 11.7. The van der Waals surface area contributed by atoms with E-state index in [2.05, 4.69) is 38.7 Å². The zero-order chi connectivity index (χ0) is 12.9. The molecule has 1 aliphatic rings. The van der Waals surface area contributed by atoms with Gasteiger partial charge in [-0.25, -0.2) is 0 Å². The smallest absolute Gasteiger partial charge is 0.109 e. The van der Waals surface area contributed by atoms with Gasteiger partial charge in [0.05, 0.1) is 19.3 Å². The van der Waals surface area contributed by atoms with Crippen LogP contribution in [-0.4, -0.2) is 36.7 Å². The second-order valence-corrected chi connectivity index (χ2v) is 5.94. The van der Waals surface area contributed by atoms with Gasteiger partial charge in [-0.05, 0) is 24.7 Å². The van der Waals surface area contributed by atoms with Gasteiger partial charge in [0, 0.05) is 13.1 Å². The maximum absolute atomic E-state index is 9.69. The Morgan fingerprint density at radius 3 is 1.94 bits per heavy atom. The van der Waals surface area contributed by atoms with Gasteiger partial charge in [0.15, 0.2) is 0 Å². The summed E-state index contributed by atoms with van der Waals surface area (Å²) >= 11 is 0. The molecule has 3 nitrogen and oxygen atoms in total. The highest BCUT2D eigenvalue weighted by Crippen LogP contribution is 2.31. The van der Waals surface area contributed by atoms with E-state index in [4.69, 9.17) is 4.74 Å². The summed E-state index contributed by atoms with van der Waals surface area (Å²) in [5.74, 6) is 1.10. The van der Waals surface area contributed by atoms with Crippen LogP contribution in [0.4, 0.5) is 0 Å². The Balaban J connectivity index is 2.84. The standard InChI is InChI=1S/C14H26N2O/c1-12(2)9-14(11-15,10-13(3)4)16-5-7-17-8-6-16/h12-13H,5-10H2,1-4H3. The Kier molecular flexibility index (Phi) is 5.42. The molecule has 0 atom stereocenters. The molecule has 1 rings (SSSR count). The molecule has 98 valence electrons. The number of hydrogen-bond acceptors (Lipinski definition) is 3. The van der Waals surface area contributed by atoms with Gasteiger partial charge in [-0.15, -0.1) is 0 Å². The van der Waals surface area contributed by atoms with Crippen molar-refractivity contribution in [1.82, 2.24) is 4.90 Å². The summed E-state index contributed by atoms with van der Waals surface area (Å²) in [5, 5.41) is 9.69. The summed E-state index contributed by atoms with van der Waals surface area (Å²) in [7, 11) is 0. The first-order valence-corrected chi connectivity index (χ1v) is 6.74. The molecule has 0 aromatic rings. The third kappa shape index (κ3) is 3.97. The highest BCUT2D eigenvalue weighted by molar-refractivity contribution is 5.09. The number of hydrogen-bond donors (Lipinski definition) is 0. The lowest BCUT2D eigenvalue weighted by atomic mass is 9.81. The molecule has 17 heavy (non-hydrogen) atoms. The molecule has 3 heteroatoms. The van der Waals surface area contributed by atoms with Crippen LogP contribution in [0.5, 0.6) is 0 Å². The maximum atomic E-state index is 9.69. The van der Waals surface area contributed by atoms with Crippen LogP contribution < -0.4 is 0 Å². The molecule has 0 radical (unpaired) electrons. The molecule has 0 amide bonds. The summed E-state index contributed by atoms with van der Waals surface area (Å²) in [5.41, 5.74) is -0.286. The first kappa shape index (κ1) is 14.5. The highest BCUT2D eigenvalue weighted by Gasteiger charge is 2.38. The predicted octanol–water partition coefficient (Wildman–Crippen LogP) is 2.67. The summed E-state index contributed by atoms with van der Waals surface area (Å²) in [4.78, 5) is 2.34. The maximum Gasteiger partial charge on any atom is 0.109 e. The van der Waals surface area contributed by atoms with E-state index in [1.54, 1.807) is 0 Å². The first-order chi connectivity index (χ1) is 8.00. The van der Waals surface area contributed by atoms with Crippen LogP contribution in [0.2, 0.25) is 0 Å². The zero-order valence-electron chi connectivity index (χ0n) is 11.7. The molecule has 0 N–H and O–H groups in total. The van der Waals surface area contributed by atoms with Crippen LogP contribution in [0.3, 0.4) is 0 Å². The van der Waals surface area contributed by atoms with Gasteiger partial charge in [0.1, 0.15) is 5.54 Å². The second-order valence-electron chi connectivity index (χ2n) is 5.94. The molecule has 0 aromatic heterocycles. The fourth-order valence-corrected chi connectivity index (χ4v) is 2.85. The molecule has 0 unspecified atom stereocenters.